The second-order valence-corrected chi connectivity index (χ2v) is 10.9. The Kier molecular flexibility index (Phi) is 12.9. The Labute approximate surface area is 232 Å². The maximum Gasteiger partial charge on any atom is 0.242 e. The van der Waals surface area contributed by atoms with E-state index in [2.05, 4.69) is 6.92 Å². The molecular formula is C30H44N2O5S. The third-order valence-corrected chi connectivity index (χ3v) is 7.88. The molecule has 1 unspecified atom stereocenters. The highest BCUT2D eigenvalue weighted by molar-refractivity contribution is 7.09. The molecule has 2 aromatic rings. The molecule has 7 nitrogen and oxygen atoms in total. The van der Waals surface area contributed by atoms with Crippen LogP contribution in [0.4, 0.5) is 0 Å². The number of carbonyl (C=O) groups excluding carboxylic acids is 2. The minimum atomic E-state index is -0.0313. The van der Waals surface area contributed by atoms with Crippen LogP contribution in [0.2, 0.25) is 0 Å². The van der Waals surface area contributed by atoms with Crippen molar-refractivity contribution in [2.75, 3.05) is 40.5 Å². The minimum absolute atomic E-state index is 0.0179. The highest BCUT2D eigenvalue weighted by Crippen LogP contribution is 2.28. The molecule has 0 N–H and O–H groups in total. The first kappa shape index (κ1) is 30.0. The van der Waals surface area contributed by atoms with Crippen molar-refractivity contribution in [1.82, 2.24) is 9.80 Å². The molecule has 3 rings (SSSR count). The number of rotatable bonds is 17. The van der Waals surface area contributed by atoms with Gasteiger partial charge in [-0.25, -0.2) is 0 Å². The van der Waals surface area contributed by atoms with Crippen molar-refractivity contribution in [3.63, 3.8) is 0 Å². The van der Waals surface area contributed by atoms with E-state index in [1.807, 2.05) is 40.6 Å². The quantitative estimate of drug-likeness (QED) is 0.239. The second-order valence-electron chi connectivity index (χ2n) is 9.91. The largest absolute Gasteiger partial charge is 0.493 e. The Bertz CT molecular complexity index is 975. The number of methoxy groups -OCH3 is 2. The van der Waals surface area contributed by atoms with E-state index < -0.39 is 0 Å². The molecule has 0 saturated carbocycles. The summed E-state index contributed by atoms with van der Waals surface area (Å²) in [7, 11) is 3.24. The number of hydrogen-bond acceptors (Lipinski definition) is 6. The van der Waals surface area contributed by atoms with Crippen molar-refractivity contribution >= 4 is 23.2 Å². The SMILES string of the molecule is CCCCCCCC(=O)N(CC(=O)N(CCc1ccc(OC)c(OC)c1)Cc1cccs1)CC1CCCO1. The summed E-state index contributed by atoms with van der Waals surface area (Å²) in [5, 5.41) is 2.03. The van der Waals surface area contributed by atoms with Gasteiger partial charge in [-0.2, -0.15) is 0 Å². The lowest BCUT2D eigenvalue weighted by Gasteiger charge is -2.29. The van der Waals surface area contributed by atoms with Crippen LogP contribution in [0.15, 0.2) is 35.7 Å². The molecule has 1 aromatic heterocycles. The van der Waals surface area contributed by atoms with E-state index >= 15 is 0 Å². The van der Waals surface area contributed by atoms with Crippen LogP contribution in [0.25, 0.3) is 0 Å². The van der Waals surface area contributed by atoms with E-state index in [-0.39, 0.29) is 24.5 Å². The minimum Gasteiger partial charge on any atom is -0.493 e. The average Bonchev–Trinajstić information content (AvgIpc) is 3.64. The Balaban J connectivity index is 1.67. The Hall–Kier alpha value is -2.58. The zero-order valence-corrected chi connectivity index (χ0v) is 24.1. The molecule has 1 saturated heterocycles. The van der Waals surface area contributed by atoms with Crippen LogP contribution < -0.4 is 9.47 Å². The fourth-order valence-corrected chi connectivity index (χ4v) is 5.49. The molecular weight excluding hydrogens is 500 g/mol. The Morgan fingerprint density at radius 1 is 1.03 bits per heavy atom. The maximum atomic E-state index is 13.7. The van der Waals surface area contributed by atoms with Gasteiger partial charge in [-0.15, -0.1) is 11.3 Å². The van der Waals surface area contributed by atoms with Gasteiger partial charge in [-0.1, -0.05) is 44.7 Å². The summed E-state index contributed by atoms with van der Waals surface area (Å²) in [6, 6.07) is 9.90. The molecule has 2 heterocycles. The average molecular weight is 545 g/mol. The van der Waals surface area contributed by atoms with Gasteiger partial charge in [0, 0.05) is 31.0 Å². The summed E-state index contributed by atoms with van der Waals surface area (Å²) < 4.78 is 16.6. The van der Waals surface area contributed by atoms with Crippen LogP contribution in [0, 0.1) is 0 Å². The Morgan fingerprint density at radius 3 is 2.53 bits per heavy atom. The summed E-state index contributed by atoms with van der Waals surface area (Å²) in [6.45, 7) is 4.57. The predicted octanol–water partition coefficient (Wildman–Crippen LogP) is 5.70. The predicted molar refractivity (Wildman–Crippen MR) is 152 cm³/mol. The van der Waals surface area contributed by atoms with Gasteiger partial charge >= 0.3 is 0 Å². The summed E-state index contributed by atoms with van der Waals surface area (Å²) in [4.78, 5) is 31.6. The fourth-order valence-electron chi connectivity index (χ4n) is 4.77. The third kappa shape index (κ3) is 9.62. The topological polar surface area (TPSA) is 68.3 Å². The van der Waals surface area contributed by atoms with E-state index in [0.29, 0.717) is 44.0 Å². The first-order valence-electron chi connectivity index (χ1n) is 13.9. The molecule has 1 fully saturated rings. The molecule has 2 amide bonds. The van der Waals surface area contributed by atoms with E-state index in [0.717, 1.165) is 49.2 Å². The summed E-state index contributed by atoms with van der Waals surface area (Å²) in [5.41, 5.74) is 1.06. The van der Waals surface area contributed by atoms with Crippen molar-refractivity contribution in [2.45, 2.75) is 77.4 Å². The molecule has 8 heteroatoms. The van der Waals surface area contributed by atoms with Gasteiger partial charge in [0.15, 0.2) is 11.5 Å². The molecule has 1 atom stereocenters. The summed E-state index contributed by atoms with van der Waals surface area (Å²) in [5.74, 6) is 1.38. The van der Waals surface area contributed by atoms with Gasteiger partial charge in [0.2, 0.25) is 11.8 Å². The number of nitrogens with zero attached hydrogens (tertiary/aromatic N) is 2. The van der Waals surface area contributed by atoms with Crippen molar-refractivity contribution in [2.24, 2.45) is 0 Å². The Morgan fingerprint density at radius 2 is 1.84 bits per heavy atom. The number of amides is 2. The lowest BCUT2D eigenvalue weighted by molar-refractivity contribution is -0.142. The number of carbonyl (C=O) groups is 2. The first-order valence-corrected chi connectivity index (χ1v) is 14.8. The van der Waals surface area contributed by atoms with Crippen LogP contribution >= 0.6 is 11.3 Å². The van der Waals surface area contributed by atoms with Crippen molar-refractivity contribution in [1.29, 1.82) is 0 Å². The van der Waals surface area contributed by atoms with Gasteiger partial charge in [-0.3, -0.25) is 9.59 Å². The third-order valence-electron chi connectivity index (χ3n) is 7.02. The molecule has 0 radical (unpaired) electrons. The van der Waals surface area contributed by atoms with Crippen molar-refractivity contribution in [3.05, 3.63) is 46.2 Å². The van der Waals surface area contributed by atoms with Gasteiger partial charge < -0.3 is 24.0 Å². The highest BCUT2D eigenvalue weighted by Gasteiger charge is 2.26. The van der Waals surface area contributed by atoms with Gasteiger partial charge in [0.05, 0.1) is 33.4 Å². The summed E-state index contributed by atoms with van der Waals surface area (Å²) in [6.07, 6.45) is 8.57. The second kappa shape index (κ2) is 16.4. The number of benzene rings is 1. The number of ether oxygens (including phenoxy) is 3. The zero-order chi connectivity index (χ0) is 27.2. The number of hydrogen-bond donors (Lipinski definition) is 0. The smallest absolute Gasteiger partial charge is 0.242 e. The lowest BCUT2D eigenvalue weighted by Crippen LogP contribution is -2.45. The van der Waals surface area contributed by atoms with Crippen LogP contribution in [-0.4, -0.2) is 68.2 Å². The van der Waals surface area contributed by atoms with E-state index in [1.54, 1.807) is 30.5 Å². The van der Waals surface area contributed by atoms with E-state index in [9.17, 15) is 9.59 Å². The molecule has 1 aliphatic heterocycles. The normalized spacial score (nSPS) is 14.9. The number of thiophene rings is 1. The zero-order valence-electron chi connectivity index (χ0n) is 23.3. The van der Waals surface area contributed by atoms with Crippen LogP contribution in [0.1, 0.15) is 68.7 Å². The summed E-state index contributed by atoms with van der Waals surface area (Å²) >= 11 is 1.64. The van der Waals surface area contributed by atoms with Gasteiger partial charge in [0.25, 0.3) is 0 Å². The fraction of sp³-hybridized carbons (Fsp3) is 0.600. The standard InChI is InChI=1S/C30H44N2O5S/c1-4-5-6-7-8-13-29(33)32(21-25-11-9-18-37-25)23-30(34)31(22-26-12-10-19-38-26)17-16-24-14-15-27(35-2)28(20-24)36-3/h10,12,14-15,19-20,25H,4-9,11,13,16-18,21-23H2,1-3H3. The maximum absolute atomic E-state index is 13.7. The highest BCUT2D eigenvalue weighted by atomic mass is 32.1. The number of unbranched alkanes of at least 4 members (excludes halogenated alkanes) is 4. The first-order chi connectivity index (χ1) is 18.5. The van der Waals surface area contributed by atoms with E-state index in [4.69, 9.17) is 14.2 Å². The molecule has 38 heavy (non-hydrogen) atoms. The van der Waals surface area contributed by atoms with Crippen molar-refractivity contribution in [3.8, 4) is 11.5 Å². The molecule has 0 bridgehead atoms. The van der Waals surface area contributed by atoms with Crippen LogP contribution in [0.5, 0.6) is 11.5 Å². The lowest BCUT2D eigenvalue weighted by atomic mass is 10.1. The van der Waals surface area contributed by atoms with Crippen LogP contribution in [-0.2, 0) is 27.3 Å². The van der Waals surface area contributed by atoms with Crippen molar-refractivity contribution < 1.29 is 23.8 Å². The molecule has 0 aliphatic carbocycles. The van der Waals surface area contributed by atoms with E-state index in [1.165, 1.54) is 12.8 Å². The molecule has 210 valence electrons. The molecule has 1 aromatic carbocycles. The molecule has 1 aliphatic rings. The molecule has 0 spiro atoms. The van der Waals surface area contributed by atoms with Gasteiger partial charge in [-0.05, 0) is 54.8 Å². The monoisotopic (exact) mass is 544 g/mol. The van der Waals surface area contributed by atoms with Gasteiger partial charge in [0.1, 0.15) is 0 Å². The van der Waals surface area contributed by atoms with Crippen LogP contribution in [0.3, 0.4) is 0 Å².